The Morgan fingerprint density at radius 3 is 2.56 bits per heavy atom. The van der Waals surface area contributed by atoms with Crippen molar-refractivity contribution in [3.05, 3.63) is 107 Å². The highest BCUT2D eigenvalue weighted by atomic mass is 35.5. The summed E-state index contributed by atoms with van der Waals surface area (Å²) in [6.45, 7) is 0. The number of nitrogens with zero attached hydrogens (tertiary/aromatic N) is 2. The summed E-state index contributed by atoms with van der Waals surface area (Å²) in [4.78, 5) is 18.9. The zero-order valence-electron chi connectivity index (χ0n) is 18.1. The summed E-state index contributed by atoms with van der Waals surface area (Å²) < 4.78 is 11.3. The van der Waals surface area contributed by atoms with E-state index in [1.54, 1.807) is 18.3 Å². The first-order valence-electron chi connectivity index (χ1n) is 10.6. The van der Waals surface area contributed by atoms with Gasteiger partial charge in [0.15, 0.2) is 5.11 Å². The number of ether oxygens (including phenoxy) is 1. The lowest BCUT2D eigenvalue weighted by Gasteiger charge is -2.26. The molecule has 0 saturated carbocycles. The van der Waals surface area contributed by atoms with Crippen molar-refractivity contribution in [1.29, 1.82) is 0 Å². The highest BCUT2D eigenvalue weighted by Crippen LogP contribution is 2.43. The number of furan rings is 1. The minimum absolute atomic E-state index is 0.251. The molecular weight excluding hydrogens is 470 g/mol. The molecule has 0 bridgehead atoms. The Balaban J connectivity index is 1.60. The van der Waals surface area contributed by atoms with Crippen LogP contribution in [0.25, 0.3) is 11.3 Å². The molecule has 2 unspecified atom stereocenters. The van der Waals surface area contributed by atoms with Crippen LogP contribution >= 0.6 is 23.8 Å². The smallest absolute Gasteiger partial charge is 0.338 e. The first-order chi connectivity index (χ1) is 16.6. The van der Waals surface area contributed by atoms with Gasteiger partial charge in [-0.1, -0.05) is 35.9 Å². The third-order valence-corrected chi connectivity index (χ3v) is 6.29. The molecule has 170 valence electrons. The number of pyridine rings is 1. The average molecular weight is 490 g/mol. The number of anilines is 1. The van der Waals surface area contributed by atoms with Crippen LogP contribution in [0.15, 0.2) is 89.5 Å². The maximum Gasteiger partial charge on any atom is 0.338 e. The van der Waals surface area contributed by atoms with Crippen LogP contribution in [0.2, 0.25) is 5.02 Å². The first kappa shape index (κ1) is 22.1. The van der Waals surface area contributed by atoms with Crippen molar-refractivity contribution in [2.45, 2.75) is 12.1 Å². The molecule has 1 saturated heterocycles. The standard InChI is InChI=1S/C26H20ClN3O3S/c1-32-25(31)19-7-3-2-6-18(19)21-13-14-22(33-21)24-23(20-8-4-5-15-28-20)29-26(34)30(24)17-11-9-16(27)10-12-17/h2-15,23-24H,1H3,(H,29,34). The largest absolute Gasteiger partial charge is 0.465 e. The number of aromatic nitrogens is 1. The number of nitrogens with one attached hydrogen (secondary N) is 1. The number of rotatable bonds is 5. The monoisotopic (exact) mass is 489 g/mol. The van der Waals surface area contributed by atoms with Crippen molar-refractivity contribution in [2.75, 3.05) is 12.0 Å². The number of thiocarbonyl (C=S) groups is 1. The third kappa shape index (κ3) is 4.04. The Hall–Kier alpha value is -3.68. The molecule has 0 spiro atoms. The van der Waals surface area contributed by atoms with Gasteiger partial charge in [0.05, 0.1) is 24.4 Å². The summed E-state index contributed by atoms with van der Waals surface area (Å²) in [5.41, 5.74) is 2.79. The van der Waals surface area contributed by atoms with Gasteiger partial charge in [-0.2, -0.15) is 0 Å². The number of hydrogen-bond donors (Lipinski definition) is 1. The predicted molar refractivity (Wildman–Crippen MR) is 135 cm³/mol. The van der Waals surface area contributed by atoms with Gasteiger partial charge in [-0.3, -0.25) is 4.98 Å². The van der Waals surface area contributed by atoms with Crippen LogP contribution < -0.4 is 10.2 Å². The lowest BCUT2D eigenvalue weighted by atomic mass is 10.0. The summed E-state index contributed by atoms with van der Waals surface area (Å²) in [5, 5.41) is 4.59. The van der Waals surface area contributed by atoms with Gasteiger partial charge in [-0.05, 0) is 66.8 Å². The number of esters is 1. The third-order valence-electron chi connectivity index (χ3n) is 5.72. The van der Waals surface area contributed by atoms with E-state index in [0.29, 0.717) is 32.8 Å². The molecular formula is C26H20ClN3O3S. The average Bonchev–Trinajstić information content (AvgIpc) is 3.49. The molecule has 0 radical (unpaired) electrons. The van der Waals surface area contributed by atoms with Gasteiger partial charge >= 0.3 is 5.97 Å². The molecule has 0 aliphatic carbocycles. The summed E-state index contributed by atoms with van der Waals surface area (Å²) in [6, 6.07) is 23.6. The SMILES string of the molecule is COC(=O)c1ccccc1-c1ccc(C2C(c3ccccn3)NC(=S)N2c2ccc(Cl)cc2)o1. The lowest BCUT2D eigenvalue weighted by Crippen LogP contribution is -2.29. The van der Waals surface area contributed by atoms with Crippen molar-refractivity contribution >= 4 is 40.6 Å². The van der Waals surface area contributed by atoms with Crippen LogP contribution in [0, 0.1) is 0 Å². The van der Waals surface area contributed by atoms with E-state index in [4.69, 9.17) is 33.0 Å². The molecule has 1 aliphatic heterocycles. The Kier molecular flexibility index (Phi) is 6.04. The Bertz CT molecular complexity index is 1340. The second-order valence-corrected chi connectivity index (χ2v) is 8.54. The van der Waals surface area contributed by atoms with Crippen LogP contribution in [0.3, 0.4) is 0 Å². The van der Waals surface area contributed by atoms with E-state index in [2.05, 4.69) is 10.3 Å². The predicted octanol–water partition coefficient (Wildman–Crippen LogP) is 5.96. The van der Waals surface area contributed by atoms with Gasteiger partial charge in [0.1, 0.15) is 17.6 Å². The maximum atomic E-state index is 12.3. The Morgan fingerprint density at radius 1 is 1.06 bits per heavy atom. The second-order valence-electron chi connectivity index (χ2n) is 7.71. The molecule has 5 rings (SSSR count). The molecule has 2 atom stereocenters. The van der Waals surface area contributed by atoms with E-state index in [1.165, 1.54) is 7.11 Å². The fraction of sp³-hybridized carbons (Fsp3) is 0.115. The Morgan fingerprint density at radius 2 is 1.82 bits per heavy atom. The highest BCUT2D eigenvalue weighted by Gasteiger charge is 2.42. The molecule has 34 heavy (non-hydrogen) atoms. The zero-order valence-corrected chi connectivity index (χ0v) is 19.7. The maximum absolute atomic E-state index is 12.3. The van der Waals surface area contributed by atoms with Crippen LogP contribution in [0.4, 0.5) is 5.69 Å². The van der Waals surface area contributed by atoms with Gasteiger partial charge in [-0.25, -0.2) is 4.79 Å². The minimum atomic E-state index is -0.425. The zero-order chi connectivity index (χ0) is 23.7. The van der Waals surface area contributed by atoms with Crippen molar-refractivity contribution in [2.24, 2.45) is 0 Å². The van der Waals surface area contributed by atoms with E-state index >= 15 is 0 Å². The lowest BCUT2D eigenvalue weighted by molar-refractivity contribution is 0.0601. The van der Waals surface area contributed by atoms with Gasteiger partial charge < -0.3 is 19.4 Å². The summed E-state index contributed by atoms with van der Waals surface area (Å²) in [5.74, 6) is 0.809. The van der Waals surface area contributed by atoms with Crippen LogP contribution in [-0.2, 0) is 4.74 Å². The number of hydrogen-bond acceptors (Lipinski definition) is 5. The summed E-state index contributed by atoms with van der Waals surface area (Å²) in [6.07, 6.45) is 1.75. The van der Waals surface area contributed by atoms with Gasteiger partial charge in [0, 0.05) is 22.5 Å². The van der Waals surface area contributed by atoms with Crippen LogP contribution in [-0.4, -0.2) is 23.2 Å². The minimum Gasteiger partial charge on any atom is -0.465 e. The Labute approximate surface area is 207 Å². The summed E-state index contributed by atoms with van der Waals surface area (Å²) >= 11 is 11.9. The number of methoxy groups -OCH3 is 1. The van der Waals surface area contributed by atoms with Crippen LogP contribution in [0.5, 0.6) is 0 Å². The first-order valence-corrected chi connectivity index (χ1v) is 11.4. The normalized spacial score (nSPS) is 17.5. The fourth-order valence-corrected chi connectivity index (χ4v) is 4.64. The quantitative estimate of drug-likeness (QED) is 0.274. The molecule has 4 aromatic rings. The number of halogens is 1. The summed E-state index contributed by atoms with van der Waals surface area (Å²) in [7, 11) is 1.36. The van der Waals surface area contributed by atoms with Gasteiger partial charge in [-0.15, -0.1) is 0 Å². The molecule has 1 aliphatic rings. The van der Waals surface area contributed by atoms with Crippen molar-refractivity contribution < 1.29 is 13.9 Å². The molecule has 6 nitrogen and oxygen atoms in total. The molecule has 1 N–H and O–H groups in total. The van der Waals surface area contributed by atoms with E-state index in [9.17, 15) is 4.79 Å². The molecule has 2 aromatic carbocycles. The molecule has 0 amide bonds. The van der Waals surface area contributed by atoms with E-state index in [-0.39, 0.29) is 12.1 Å². The van der Waals surface area contributed by atoms with E-state index in [0.717, 1.165) is 11.4 Å². The van der Waals surface area contributed by atoms with Crippen molar-refractivity contribution in [1.82, 2.24) is 10.3 Å². The van der Waals surface area contributed by atoms with Crippen molar-refractivity contribution in [3.63, 3.8) is 0 Å². The van der Waals surface area contributed by atoms with Crippen LogP contribution in [0.1, 0.15) is 33.9 Å². The van der Waals surface area contributed by atoms with Crippen molar-refractivity contribution in [3.8, 4) is 11.3 Å². The molecule has 3 heterocycles. The number of carbonyl (C=O) groups excluding carboxylic acids is 1. The highest BCUT2D eigenvalue weighted by molar-refractivity contribution is 7.80. The molecule has 1 fully saturated rings. The molecule has 2 aromatic heterocycles. The van der Waals surface area contributed by atoms with Gasteiger partial charge in [0.2, 0.25) is 0 Å². The number of benzene rings is 2. The second kappa shape index (κ2) is 9.29. The number of carbonyl (C=O) groups is 1. The topological polar surface area (TPSA) is 67.6 Å². The fourth-order valence-electron chi connectivity index (χ4n) is 4.17. The van der Waals surface area contributed by atoms with E-state index < -0.39 is 5.97 Å². The van der Waals surface area contributed by atoms with E-state index in [1.807, 2.05) is 71.6 Å². The molecule has 8 heteroatoms. The van der Waals surface area contributed by atoms with Gasteiger partial charge in [0.25, 0.3) is 0 Å².